The summed E-state index contributed by atoms with van der Waals surface area (Å²) >= 11 is 0. The number of carbonyl (C=O) groups excluding carboxylic acids is 1. The zero-order valence-electron chi connectivity index (χ0n) is 14.8. The van der Waals surface area contributed by atoms with Crippen LogP contribution in [-0.2, 0) is 14.8 Å². The molecule has 1 aliphatic heterocycles. The molecule has 7 heteroatoms. The summed E-state index contributed by atoms with van der Waals surface area (Å²) in [5.41, 5.74) is 0.534. The summed E-state index contributed by atoms with van der Waals surface area (Å²) in [7, 11) is -3.64. The molecule has 0 aromatic heterocycles. The van der Waals surface area contributed by atoms with E-state index < -0.39 is 15.6 Å². The van der Waals surface area contributed by atoms with Gasteiger partial charge in [0.25, 0.3) is 0 Å². The van der Waals surface area contributed by atoms with Crippen molar-refractivity contribution in [3.8, 4) is 0 Å². The first-order valence-corrected chi connectivity index (χ1v) is 9.74. The molecule has 0 aliphatic carbocycles. The van der Waals surface area contributed by atoms with Gasteiger partial charge in [-0.05, 0) is 71.3 Å². The highest BCUT2D eigenvalue weighted by Crippen LogP contribution is 2.25. The highest BCUT2D eigenvalue weighted by molar-refractivity contribution is 7.89. The van der Waals surface area contributed by atoms with Gasteiger partial charge >= 0.3 is 0 Å². The maximum atomic E-state index is 12.6. The molecular formula is C17H27N3O3S. The fourth-order valence-electron chi connectivity index (χ4n) is 2.82. The van der Waals surface area contributed by atoms with E-state index in [1.807, 2.05) is 0 Å². The number of sulfonamides is 1. The Labute approximate surface area is 144 Å². The number of nitrogens with one attached hydrogen (secondary N) is 3. The normalized spacial score (nSPS) is 16.8. The van der Waals surface area contributed by atoms with Gasteiger partial charge < -0.3 is 10.6 Å². The summed E-state index contributed by atoms with van der Waals surface area (Å²) in [6.45, 7) is 8.77. The molecule has 1 aromatic rings. The first-order valence-electron chi connectivity index (χ1n) is 8.25. The number of benzene rings is 1. The van der Waals surface area contributed by atoms with Crippen LogP contribution in [0.5, 0.6) is 0 Å². The van der Waals surface area contributed by atoms with Crippen molar-refractivity contribution in [3.63, 3.8) is 0 Å². The third-order valence-corrected chi connectivity index (χ3v) is 5.88. The molecule has 24 heavy (non-hydrogen) atoms. The van der Waals surface area contributed by atoms with Gasteiger partial charge in [-0.25, -0.2) is 13.1 Å². The Balaban J connectivity index is 2.23. The van der Waals surface area contributed by atoms with E-state index in [4.69, 9.17) is 0 Å². The van der Waals surface area contributed by atoms with Crippen LogP contribution in [0.1, 0.15) is 39.2 Å². The largest absolute Gasteiger partial charge is 0.326 e. The van der Waals surface area contributed by atoms with E-state index in [2.05, 4.69) is 15.4 Å². The molecule has 0 spiro atoms. The molecule has 1 aliphatic rings. The monoisotopic (exact) mass is 353 g/mol. The average Bonchev–Trinajstić information content (AvgIpc) is 2.47. The van der Waals surface area contributed by atoms with Crippen LogP contribution in [0.4, 0.5) is 5.69 Å². The number of anilines is 1. The topological polar surface area (TPSA) is 87.3 Å². The van der Waals surface area contributed by atoms with Gasteiger partial charge in [0.1, 0.15) is 0 Å². The van der Waals surface area contributed by atoms with Crippen LogP contribution >= 0.6 is 0 Å². The predicted octanol–water partition coefficient (Wildman–Crippen LogP) is 2.01. The molecule has 0 unspecified atom stereocenters. The van der Waals surface area contributed by atoms with Crippen molar-refractivity contribution >= 4 is 21.6 Å². The van der Waals surface area contributed by atoms with E-state index in [-0.39, 0.29) is 16.7 Å². The summed E-state index contributed by atoms with van der Waals surface area (Å²) in [6.07, 6.45) is 1.60. The maximum absolute atomic E-state index is 12.6. The second kappa shape index (κ2) is 7.21. The number of carbonyl (C=O) groups is 1. The Kier molecular flexibility index (Phi) is 5.67. The summed E-state index contributed by atoms with van der Waals surface area (Å²) in [6, 6.07) is 4.95. The second-order valence-corrected chi connectivity index (χ2v) is 8.95. The smallest absolute Gasteiger partial charge is 0.241 e. The van der Waals surface area contributed by atoms with Crippen molar-refractivity contribution in [1.29, 1.82) is 0 Å². The van der Waals surface area contributed by atoms with Gasteiger partial charge in [0.05, 0.1) is 4.90 Å². The Morgan fingerprint density at radius 2 is 1.83 bits per heavy atom. The second-order valence-electron chi connectivity index (χ2n) is 7.30. The average molecular weight is 353 g/mol. The third-order valence-electron chi connectivity index (χ3n) is 3.98. The molecule has 1 heterocycles. The highest BCUT2D eigenvalue weighted by atomic mass is 32.2. The minimum atomic E-state index is -3.64. The van der Waals surface area contributed by atoms with Crippen LogP contribution in [0.25, 0.3) is 0 Å². The molecule has 3 N–H and O–H groups in total. The lowest BCUT2D eigenvalue weighted by atomic mass is 9.97. The van der Waals surface area contributed by atoms with E-state index >= 15 is 0 Å². The lowest BCUT2D eigenvalue weighted by molar-refractivity contribution is -0.120. The summed E-state index contributed by atoms with van der Waals surface area (Å²) in [5.74, 6) is -0.0726. The molecule has 0 atom stereocenters. The standard InChI is InChI=1S/C17H27N3O3S/c1-12-14(19-16(21)13-8-10-18-11-9-13)6-5-7-15(12)24(22,23)20-17(2,3)4/h5-7,13,18,20H,8-11H2,1-4H3,(H,19,21). The van der Waals surface area contributed by atoms with Crippen molar-refractivity contribution in [2.45, 2.75) is 51.0 Å². The van der Waals surface area contributed by atoms with E-state index in [1.165, 1.54) is 0 Å². The van der Waals surface area contributed by atoms with Gasteiger partial charge in [0, 0.05) is 17.1 Å². The fraction of sp³-hybridized carbons (Fsp3) is 0.588. The number of hydrogen-bond acceptors (Lipinski definition) is 4. The Morgan fingerprint density at radius 1 is 1.21 bits per heavy atom. The number of piperidine rings is 1. The van der Waals surface area contributed by atoms with Crippen molar-refractivity contribution in [2.24, 2.45) is 5.92 Å². The molecule has 0 radical (unpaired) electrons. The van der Waals surface area contributed by atoms with Crippen molar-refractivity contribution in [3.05, 3.63) is 23.8 Å². The van der Waals surface area contributed by atoms with Gasteiger partial charge in [-0.3, -0.25) is 4.79 Å². The quantitative estimate of drug-likeness (QED) is 0.773. The molecular weight excluding hydrogens is 326 g/mol. The number of rotatable bonds is 4. The molecule has 6 nitrogen and oxygen atoms in total. The highest BCUT2D eigenvalue weighted by Gasteiger charge is 2.26. The zero-order valence-corrected chi connectivity index (χ0v) is 15.6. The fourth-order valence-corrected chi connectivity index (χ4v) is 4.50. The lowest BCUT2D eigenvalue weighted by Crippen LogP contribution is -2.40. The molecule has 2 rings (SSSR count). The lowest BCUT2D eigenvalue weighted by Gasteiger charge is -2.23. The van der Waals surface area contributed by atoms with E-state index in [1.54, 1.807) is 45.9 Å². The Hall–Kier alpha value is -1.44. The van der Waals surface area contributed by atoms with Crippen molar-refractivity contribution < 1.29 is 13.2 Å². The van der Waals surface area contributed by atoms with Crippen LogP contribution < -0.4 is 15.4 Å². The van der Waals surface area contributed by atoms with Gasteiger partial charge in [-0.1, -0.05) is 6.07 Å². The molecule has 1 fully saturated rings. The van der Waals surface area contributed by atoms with Crippen LogP contribution in [0.3, 0.4) is 0 Å². The SMILES string of the molecule is Cc1c(NC(=O)C2CCNCC2)cccc1S(=O)(=O)NC(C)(C)C. The third kappa shape index (κ3) is 4.78. The van der Waals surface area contributed by atoms with Gasteiger partial charge in [-0.15, -0.1) is 0 Å². The van der Waals surface area contributed by atoms with Crippen LogP contribution in [0.15, 0.2) is 23.1 Å². The van der Waals surface area contributed by atoms with E-state index in [9.17, 15) is 13.2 Å². The summed E-state index contributed by atoms with van der Waals surface area (Å²) in [5, 5.41) is 6.12. The number of amides is 1. The van der Waals surface area contributed by atoms with Crippen LogP contribution in [0.2, 0.25) is 0 Å². The number of hydrogen-bond donors (Lipinski definition) is 3. The Bertz CT molecular complexity index is 702. The van der Waals surface area contributed by atoms with Gasteiger partial charge in [0.2, 0.25) is 15.9 Å². The summed E-state index contributed by atoms with van der Waals surface area (Å²) < 4.78 is 27.8. The molecule has 1 amide bonds. The van der Waals surface area contributed by atoms with Crippen LogP contribution in [0, 0.1) is 12.8 Å². The van der Waals surface area contributed by atoms with Gasteiger partial charge in [0.15, 0.2) is 0 Å². The van der Waals surface area contributed by atoms with E-state index in [0.717, 1.165) is 25.9 Å². The zero-order chi connectivity index (χ0) is 18.0. The minimum Gasteiger partial charge on any atom is -0.326 e. The summed E-state index contributed by atoms with van der Waals surface area (Å²) in [4.78, 5) is 12.6. The van der Waals surface area contributed by atoms with Crippen molar-refractivity contribution in [1.82, 2.24) is 10.0 Å². The van der Waals surface area contributed by atoms with Gasteiger partial charge in [-0.2, -0.15) is 0 Å². The van der Waals surface area contributed by atoms with E-state index in [0.29, 0.717) is 11.3 Å². The molecule has 1 saturated heterocycles. The van der Waals surface area contributed by atoms with Crippen LogP contribution in [-0.4, -0.2) is 33.0 Å². The first kappa shape index (κ1) is 18.9. The first-order chi connectivity index (χ1) is 11.1. The molecule has 0 bridgehead atoms. The Morgan fingerprint density at radius 3 is 2.42 bits per heavy atom. The molecule has 1 aromatic carbocycles. The predicted molar refractivity (Wildman–Crippen MR) is 95.5 cm³/mol. The molecule has 0 saturated carbocycles. The minimum absolute atomic E-state index is 0.0291. The van der Waals surface area contributed by atoms with Crippen molar-refractivity contribution in [2.75, 3.05) is 18.4 Å². The maximum Gasteiger partial charge on any atom is 0.241 e. The molecule has 134 valence electrons.